The summed E-state index contributed by atoms with van der Waals surface area (Å²) in [4.78, 5) is 11.1. The first-order valence-electron chi connectivity index (χ1n) is 3.97. The molecule has 0 saturated heterocycles. The average molecular weight is 181 g/mol. The molecule has 0 heterocycles. The summed E-state index contributed by atoms with van der Waals surface area (Å²) in [6.07, 6.45) is 6.03. The first-order valence-corrected chi connectivity index (χ1v) is 3.97. The Balaban J connectivity index is 4.03. The van der Waals surface area contributed by atoms with Crippen LogP contribution < -0.4 is 5.32 Å². The van der Waals surface area contributed by atoms with Crippen LogP contribution in [0.1, 0.15) is 20.8 Å². The van der Waals surface area contributed by atoms with Crippen LogP contribution in [0.4, 0.5) is 4.79 Å². The minimum atomic E-state index is -0.532. The fraction of sp³-hybridized carbons (Fsp3) is 0.500. The number of hydrogen-bond donors (Lipinski definition) is 1. The molecule has 0 aliphatic rings. The summed E-state index contributed by atoms with van der Waals surface area (Å²) >= 11 is 0. The molecule has 72 valence electrons. The van der Waals surface area contributed by atoms with E-state index in [1.807, 2.05) is 0 Å². The van der Waals surface area contributed by atoms with Crippen LogP contribution in [0.3, 0.4) is 0 Å². The summed E-state index contributed by atoms with van der Waals surface area (Å²) in [6, 6.07) is -0.477. The van der Waals surface area contributed by atoms with Crippen molar-refractivity contribution in [3.8, 4) is 12.3 Å². The molecular formula is C10H15NO2. The Morgan fingerprint density at radius 2 is 2.23 bits per heavy atom. The molecule has 0 fully saturated rings. The van der Waals surface area contributed by atoms with Gasteiger partial charge in [0.2, 0.25) is 0 Å². The molecule has 1 amide bonds. The lowest BCUT2D eigenvalue weighted by molar-refractivity contribution is 0.0524. The van der Waals surface area contributed by atoms with Crippen LogP contribution in [0, 0.1) is 12.3 Å². The number of carbonyl (C=O) groups is 1. The zero-order chi connectivity index (χ0) is 10.5. The molecule has 0 aromatic rings. The van der Waals surface area contributed by atoms with Gasteiger partial charge in [0.25, 0.3) is 0 Å². The SMILES string of the molecule is C#C[C@@H](C=C)NC(=O)OC(C)(C)C. The average Bonchev–Trinajstić information content (AvgIpc) is 1.96. The van der Waals surface area contributed by atoms with Gasteiger partial charge < -0.3 is 10.1 Å². The Kier molecular flexibility index (Phi) is 4.06. The number of nitrogens with one attached hydrogen (secondary N) is 1. The molecule has 0 aromatic heterocycles. The van der Waals surface area contributed by atoms with Crippen molar-refractivity contribution in [2.24, 2.45) is 0 Å². The topological polar surface area (TPSA) is 38.3 Å². The first kappa shape index (κ1) is 11.6. The van der Waals surface area contributed by atoms with Gasteiger partial charge in [-0.15, -0.1) is 13.0 Å². The Labute approximate surface area is 79.2 Å². The first-order chi connectivity index (χ1) is 5.89. The zero-order valence-electron chi connectivity index (χ0n) is 8.26. The van der Waals surface area contributed by atoms with E-state index in [1.165, 1.54) is 6.08 Å². The lowest BCUT2D eigenvalue weighted by Crippen LogP contribution is -2.37. The summed E-state index contributed by atoms with van der Waals surface area (Å²) in [5.41, 5.74) is -0.510. The third kappa shape index (κ3) is 5.80. The van der Waals surface area contributed by atoms with Crippen LogP contribution in [0.15, 0.2) is 12.7 Å². The van der Waals surface area contributed by atoms with Crippen LogP contribution in [0.2, 0.25) is 0 Å². The molecule has 3 nitrogen and oxygen atoms in total. The molecule has 13 heavy (non-hydrogen) atoms. The molecule has 1 N–H and O–H groups in total. The van der Waals surface area contributed by atoms with Crippen molar-refractivity contribution >= 4 is 6.09 Å². The van der Waals surface area contributed by atoms with Crippen molar-refractivity contribution in [1.82, 2.24) is 5.32 Å². The molecule has 1 atom stereocenters. The van der Waals surface area contributed by atoms with Gasteiger partial charge in [0, 0.05) is 0 Å². The molecule has 0 saturated carbocycles. The van der Waals surface area contributed by atoms with Crippen LogP contribution >= 0.6 is 0 Å². The summed E-state index contributed by atoms with van der Waals surface area (Å²) in [5.74, 6) is 2.34. The molecule has 0 radical (unpaired) electrons. The predicted octanol–water partition coefficient (Wildman–Crippen LogP) is 1.70. The molecule has 0 spiro atoms. The van der Waals surface area contributed by atoms with Gasteiger partial charge in [-0.1, -0.05) is 12.0 Å². The Morgan fingerprint density at radius 1 is 1.69 bits per heavy atom. The van der Waals surface area contributed by atoms with Crippen LogP contribution in [-0.2, 0) is 4.74 Å². The highest BCUT2D eigenvalue weighted by Crippen LogP contribution is 2.06. The van der Waals surface area contributed by atoms with E-state index in [9.17, 15) is 4.79 Å². The highest BCUT2D eigenvalue weighted by atomic mass is 16.6. The molecule has 0 aliphatic heterocycles. The fourth-order valence-electron chi connectivity index (χ4n) is 0.603. The summed E-state index contributed by atoms with van der Waals surface area (Å²) in [7, 11) is 0. The van der Waals surface area contributed by atoms with Crippen molar-refractivity contribution in [3.63, 3.8) is 0 Å². The van der Waals surface area contributed by atoms with Gasteiger partial charge in [-0.2, -0.15) is 0 Å². The Hall–Kier alpha value is -1.43. The third-order valence-corrected chi connectivity index (χ3v) is 1.09. The van der Waals surface area contributed by atoms with Gasteiger partial charge in [-0.05, 0) is 20.8 Å². The van der Waals surface area contributed by atoms with E-state index in [0.717, 1.165) is 0 Å². The van der Waals surface area contributed by atoms with E-state index < -0.39 is 17.7 Å². The van der Waals surface area contributed by atoms with Gasteiger partial charge >= 0.3 is 6.09 Å². The second kappa shape index (κ2) is 4.56. The van der Waals surface area contributed by atoms with Gasteiger partial charge in [0.05, 0.1) is 0 Å². The lowest BCUT2D eigenvalue weighted by Gasteiger charge is -2.20. The van der Waals surface area contributed by atoms with Crippen molar-refractivity contribution in [1.29, 1.82) is 0 Å². The number of carbonyl (C=O) groups excluding carboxylic acids is 1. The summed E-state index contributed by atoms with van der Waals surface area (Å²) in [6.45, 7) is 8.82. The second-order valence-corrected chi connectivity index (χ2v) is 3.53. The molecule has 0 aromatic carbocycles. The molecule has 0 unspecified atom stereocenters. The number of hydrogen-bond acceptors (Lipinski definition) is 2. The highest BCUT2D eigenvalue weighted by Gasteiger charge is 2.16. The minimum absolute atomic E-state index is 0.477. The smallest absolute Gasteiger partial charge is 0.408 e. The maximum absolute atomic E-state index is 11.1. The fourth-order valence-corrected chi connectivity index (χ4v) is 0.603. The van der Waals surface area contributed by atoms with Crippen LogP contribution in [0.25, 0.3) is 0 Å². The standard InChI is InChI=1S/C10H15NO2/c1-6-8(7-2)11-9(12)13-10(3,4)5/h1,7-8H,2H2,3-5H3,(H,11,12)/t8-/m0/s1. The number of terminal acetylenes is 1. The zero-order valence-corrected chi connectivity index (χ0v) is 8.26. The number of alkyl carbamates (subject to hydrolysis) is 1. The largest absolute Gasteiger partial charge is 0.444 e. The highest BCUT2D eigenvalue weighted by molar-refractivity contribution is 5.69. The molecule has 0 rings (SSSR count). The van der Waals surface area contributed by atoms with Crippen LogP contribution in [0.5, 0.6) is 0 Å². The molecule has 0 aliphatic carbocycles. The van der Waals surface area contributed by atoms with E-state index in [2.05, 4.69) is 17.8 Å². The summed E-state index contributed by atoms with van der Waals surface area (Å²) in [5, 5.41) is 2.46. The van der Waals surface area contributed by atoms with E-state index in [0.29, 0.717) is 0 Å². The normalized spacial score (nSPS) is 12.5. The monoisotopic (exact) mass is 181 g/mol. The maximum Gasteiger partial charge on any atom is 0.408 e. The number of rotatable bonds is 2. The maximum atomic E-state index is 11.1. The van der Waals surface area contributed by atoms with Crippen molar-refractivity contribution in [3.05, 3.63) is 12.7 Å². The van der Waals surface area contributed by atoms with Gasteiger partial charge in [-0.3, -0.25) is 0 Å². The van der Waals surface area contributed by atoms with Crippen molar-refractivity contribution in [2.75, 3.05) is 0 Å². The second-order valence-electron chi connectivity index (χ2n) is 3.53. The quantitative estimate of drug-likeness (QED) is 0.520. The van der Waals surface area contributed by atoms with Crippen molar-refractivity contribution < 1.29 is 9.53 Å². The van der Waals surface area contributed by atoms with E-state index >= 15 is 0 Å². The summed E-state index contributed by atoms with van der Waals surface area (Å²) < 4.78 is 4.98. The molecular weight excluding hydrogens is 166 g/mol. The Bertz CT molecular complexity index is 232. The third-order valence-electron chi connectivity index (χ3n) is 1.09. The molecule has 3 heteroatoms. The van der Waals surface area contributed by atoms with E-state index in [4.69, 9.17) is 11.2 Å². The predicted molar refractivity (Wildman–Crippen MR) is 52.2 cm³/mol. The van der Waals surface area contributed by atoms with Gasteiger partial charge in [0.1, 0.15) is 11.6 Å². The van der Waals surface area contributed by atoms with Crippen molar-refractivity contribution in [2.45, 2.75) is 32.4 Å². The van der Waals surface area contributed by atoms with E-state index in [1.54, 1.807) is 20.8 Å². The number of amides is 1. The van der Waals surface area contributed by atoms with Gasteiger partial charge in [-0.25, -0.2) is 4.79 Å². The lowest BCUT2D eigenvalue weighted by atomic mass is 10.2. The van der Waals surface area contributed by atoms with E-state index in [-0.39, 0.29) is 0 Å². The Morgan fingerprint density at radius 3 is 2.54 bits per heavy atom. The van der Waals surface area contributed by atoms with Gasteiger partial charge in [0.15, 0.2) is 0 Å². The van der Waals surface area contributed by atoms with Crippen LogP contribution in [-0.4, -0.2) is 17.7 Å². The minimum Gasteiger partial charge on any atom is -0.444 e. The number of ether oxygens (including phenoxy) is 1. The molecule has 0 bridgehead atoms.